The number of aromatic amines is 1. The molecule has 1 aliphatic heterocycles. The number of hydrogen-bond donors (Lipinski definition) is 2. The number of rotatable bonds is 31. The standard InChI is InChI=1S/C70H80N11O12P/c1-47(2)80(48(3)4)94(91-40-18-37-71)93-64-44-67(92-65(64)46-90-70(52-20-13-11-14-21-52,53-24-32-57(87-8)33-25-53)54-26-34-58(88-9)35-27-54)79-45-51(68(83)73-69(79)84)19-17-38-72-66(82)22-15-12-16-39-78(7)56-30-28-55(29-31-56)74-77-61-42-50(6)60(43-63(61)89-10)76-75-59-36-23-49(5)41-62(59)81(85)86/h11,13-14,20-21,23-36,41-43,45,47-48,64-65,67H,12,15-16,18,22,38-40,44,46H2,1-10H3,(H,72,82)(H,73,83,84). The van der Waals surface area contributed by atoms with Crippen LogP contribution in [0.5, 0.6) is 17.2 Å². The second-order valence-corrected chi connectivity index (χ2v) is 24.3. The summed E-state index contributed by atoms with van der Waals surface area (Å²) in [4.78, 5) is 55.8. The molecule has 1 aromatic heterocycles. The van der Waals surface area contributed by atoms with E-state index in [4.69, 9.17) is 32.7 Å². The van der Waals surface area contributed by atoms with E-state index in [-0.39, 0.29) is 74.0 Å². The fourth-order valence-corrected chi connectivity index (χ4v) is 12.6. The third-order valence-corrected chi connectivity index (χ3v) is 17.8. The molecule has 4 unspecified atom stereocenters. The number of benzene rings is 6. The Morgan fingerprint density at radius 3 is 2.10 bits per heavy atom. The van der Waals surface area contributed by atoms with Crippen LogP contribution in [0.1, 0.15) is 106 Å². The van der Waals surface area contributed by atoms with Gasteiger partial charge in [0.1, 0.15) is 46.4 Å². The highest BCUT2D eigenvalue weighted by atomic mass is 31.2. The number of nitrogens with one attached hydrogen (secondary N) is 2. The van der Waals surface area contributed by atoms with Gasteiger partial charge in [-0.3, -0.25) is 29.3 Å². The van der Waals surface area contributed by atoms with Gasteiger partial charge in [-0.1, -0.05) is 78.9 Å². The lowest BCUT2D eigenvalue weighted by molar-refractivity contribution is -0.384. The van der Waals surface area contributed by atoms with Crippen LogP contribution in [0.4, 0.5) is 34.1 Å². The molecule has 6 aromatic carbocycles. The molecule has 0 bridgehead atoms. The monoisotopic (exact) mass is 1300 g/mol. The van der Waals surface area contributed by atoms with E-state index in [2.05, 4.69) is 58.2 Å². The molecule has 1 fully saturated rings. The average Bonchev–Trinajstić information content (AvgIpc) is 0.909. The SMILES string of the molecule is COc1ccc(C(OCC2OC(n3cc(C#CCNC(=O)CCCCCN(C)c4ccc(N=Nc5cc(C)c(N=Nc6ccc(C)cc6[N+](=O)[O-])cc5OC)cc4)c(=O)[nH]c3=O)CC2OP(OCCC#N)N(C(C)C)C(C)C)(c2ccccc2)c2ccc(OC)cc2)cc1. The molecule has 1 amide bonds. The van der Waals surface area contributed by atoms with Crippen molar-refractivity contribution < 1.29 is 42.4 Å². The summed E-state index contributed by atoms with van der Waals surface area (Å²) in [5.74, 6) is 7.27. The summed E-state index contributed by atoms with van der Waals surface area (Å²) in [5, 5.41) is 41.2. The predicted molar refractivity (Wildman–Crippen MR) is 360 cm³/mol. The van der Waals surface area contributed by atoms with E-state index in [1.165, 1.54) is 23.9 Å². The number of hydrogen-bond acceptors (Lipinski definition) is 19. The molecule has 1 aliphatic rings. The van der Waals surface area contributed by atoms with Gasteiger partial charge in [-0.25, -0.2) is 9.46 Å². The number of carbonyl (C=O) groups excluding carboxylic acids is 1. The molecule has 4 atom stereocenters. The van der Waals surface area contributed by atoms with Crippen LogP contribution in [0.3, 0.4) is 0 Å². The van der Waals surface area contributed by atoms with E-state index >= 15 is 0 Å². The van der Waals surface area contributed by atoms with Gasteiger partial charge in [0, 0.05) is 62.5 Å². The Bertz CT molecular complexity index is 3920. The van der Waals surface area contributed by atoms with Crippen molar-refractivity contribution >= 4 is 48.6 Å². The second kappa shape index (κ2) is 33.9. The molecule has 0 spiro atoms. The number of nitro benzene ring substituents is 1. The molecule has 24 heteroatoms. The number of methoxy groups -OCH3 is 3. The van der Waals surface area contributed by atoms with Crippen LogP contribution >= 0.6 is 8.53 Å². The Morgan fingerprint density at radius 1 is 0.819 bits per heavy atom. The van der Waals surface area contributed by atoms with E-state index in [9.17, 15) is 29.8 Å². The summed E-state index contributed by atoms with van der Waals surface area (Å²) in [6.45, 7) is 12.6. The molecule has 7 aromatic rings. The maximum Gasteiger partial charge on any atom is 0.330 e. The van der Waals surface area contributed by atoms with E-state index in [1.807, 2.05) is 145 Å². The van der Waals surface area contributed by atoms with Gasteiger partial charge in [0.2, 0.25) is 5.91 Å². The van der Waals surface area contributed by atoms with E-state index in [1.54, 1.807) is 45.4 Å². The molecule has 0 radical (unpaired) electrons. The van der Waals surface area contributed by atoms with E-state index < -0.39 is 48.7 Å². The lowest BCUT2D eigenvalue weighted by Crippen LogP contribution is -2.39. The largest absolute Gasteiger partial charge is 0.497 e. The number of azo groups is 2. The summed E-state index contributed by atoms with van der Waals surface area (Å²) >= 11 is 0. The van der Waals surface area contributed by atoms with Gasteiger partial charge < -0.3 is 42.9 Å². The molecule has 8 rings (SSSR count). The minimum Gasteiger partial charge on any atom is -0.497 e. The number of nitrogens with zero attached hydrogens (tertiary/aromatic N) is 9. The fraction of sp³-hybridized carbons (Fsp3) is 0.371. The minimum atomic E-state index is -1.80. The maximum absolute atomic E-state index is 13.8. The highest BCUT2D eigenvalue weighted by Crippen LogP contribution is 2.51. The first-order valence-electron chi connectivity index (χ1n) is 30.9. The number of amides is 1. The van der Waals surface area contributed by atoms with Crippen molar-refractivity contribution in [2.45, 2.75) is 116 Å². The highest BCUT2D eigenvalue weighted by Gasteiger charge is 2.45. The van der Waals surface area contributed by atoms with Crippen molar-refractivity contribution in [1.29, 1.82) is 5.26 Å². The third kappa shape index (κ3) is 18.2. The van der Waals surface area contributed by atoms with Crippen molar-refractivity contribution in [3.05, 3.63) is 204 Å². The molecule has 0 aliphatic carbocycles. The van der Waals surface area contributed by atoms with Crippen LogP contribution in [0.2, 0.25) is 0 Å². The second-order valence-electron chi connectivity index (χ2n) is 22.9. The molecule has 492 valence electrons. The van der Waals surface area contributed by atoms with Crippen molar-refractivity contribution in [2.75, 3.05) is 59.6 Å². The summed E-state index contributed by atoms with van der Waals surface area (Å²) in [6.07, 6.45) is 1.67. The molecule has 2 heterocycles. The van der Waals surface area contributed by atoms with Crippen molar-refractivity contribution in [1.82, 2.24) is 19.5 Å². The topological polar surface area (TPSA) is 271 Å². The zero-order valence-electron chi connectivity index (χ0n) is 54.6. The van der Waals surface area contributed by atoms with Gasteiger partial charge in [-0.2, -0.15) is 10.4 Å². The summed E-state index contributed by atoms with van der Waals surface area (Å²) in [7, 11) is 4.92. The van der Waals surface area contributed by atoms with E-state index in [0.717, 1.165) is 52.9 Å². The smallest absolute Gasteiger partial charge is 0.330 e. The molecular formula is C70H80N11O12P. The van der Waals surface area contributed by atoms with Crippen molar-refractivity contribution in [3.63, 3.8) is 0 Å². The first-order valence-corrected chi connectivity index (χ1v) is 32.1. The number of anilines is 1. The van der Waals surface area contributed by atoms with Crippen LogP contribution < -0.4 is 35.7 Å². The van der Waals surface area contributed by atoms with Crippen molar-refractivity contribution in [3.8, 4) is 35.2 Å². The summed E-state index contributed by atoms with van der Waals surface area (Å²) < 4.78 is 47.7. The van der Waals surface area contributed by atoms with Crippen LogP contribution in [-0.2, 0) is 28.9 Å². The van der Waals surface area contributed by atoms with Crippen LogP contribution in [0.15, 0.2) is 170 Å². The van der Waals surface area contributed by atoms with Gasteiger partial charge in [0.15, 0.2) is 5.69 Å². The summed E-state index contributed by atoms with van der Waals surface area (Å²) in [6, 6.07) is 43.1. The average molecular weight is 1300 g/mol. The number of H-pyrrole nitrogens is 1. The summed E-state index contributed by atoms with van der Waals surface area (Å²) in [5.41, 5.74) is 3.76. The molecule has 2 N–H and O–H groups in total. The maximum atomic E-state index is 13.8. The normalized spacial score (nSPS) is 15.1. The van der Waals surface area contributed by atoms with Gasteiger partial charge in [-0.15, -0.1) is 15.3 Å². The lowest BCUT2D eigenvalue weighted by Gasteiger charge is -2.39. The van der Waals surface area contributed by atoms with Gasteiger partial charge in [0.05, 0.1) is 76.0 Å². The first kappa shape index (κ1) is 70.4. The molecule has 1 saturated heterocycles. The molecule has 23 nitrogen and oxygen atoms in total. The van der Waals surface area contributed by atoms with Crippen LogP contribution in [-0.4, -0.2) is 104 Å². The van der Waals surface area contributed by atoms with E-state index in [0.29, 0.717) is 40.7 Å². The zero-order chi connectivity index (χ0) is 67.3. The fourth-order valence-electron chi connectivity index (χ4n) is 10.8. The predicted octanol–water partition coefficient (Wildman–Crippen LogP) is 14.0. The Kier molecular flexibility index (Phi) is 25.4. The van der Waals surface area contributed by atoms with Crippen molar-refractivity contribution in [2.24, 2.45) is 20.5 Å². The molecule has 94 heavy (non-hydrogen) atoms. The molecular weight excluding hydrogens is 1220 g/mol. The highest BCUT2D eigenvalue weighted by molar-refractivity contribution is 7.44. The lowest BCUT2D eigenvalue weighted by atomic mass is 9.80. The minimum absolute atomic E-state index is 0.0101. The Hall–Kier alpha value is -9.45. The quantitative estimate of drug-likeness (QED) is 0.00778. The van der Waals surface area contributed by atoms with Crippen LogP contribution in [0, 0.1) is 47.1 Å². The number of ether oxygens (including phenoxy) is 5. The number of nitro groups is 1. The van der Waals surface area contributed by atoms with Crippen LogP contribution in [0.25, 0.3) is 0 Å². The van der Waals surface area contributed by atoms with Gasteiger partial charge >= 0.3 is 5.69 Å². The Balaban J connectivity index is 0.893. The van der Waals surface area contributed by atoms with Gasteiger partial charge in [-0.05, 0) is 143 Å². The number of carbonyl (C=O) groups is 1. The van der Waals surface area contributed by atoms with Gasteiger partial charge in [0.25, 0.3) is 19.8 Å². The number of nitriles is 1. The number of aryl methyl sites for hydroxylation is 2. The zero-order valence-corrected chi connectivity index (χ0v) is 55.5. The Labute approximate surface area is 548 Å². The first-order chi connectivity index (χ1) is 45.3. The third-order valence-electron chi connectivity index (χ3n) is 15.6. The Morgan fingerprint density at radius 2 is 1.47 bits per heavy atom. The molecule has 0 saturated carbocycles. The number of aromatic nitrogens is 2. The number of unbranched alkanes of at least 4 members (excludes halogenated alkanes) is 2.